The van der Waals surface area contributed by atoms with Crippen LogP contribution in [0.1, 0.15) is 61.0 Å². The summed E-state index contributed by atoms with van der Waals surface area (Å²) in [4.78, 5) is 41.6. The molecule has 0 radical (unpaired) electrons. The molecule has 39 heavy (non-hydrogen) atoms. The van der Waals surface area contributed by atoms with Crippen LogP contribution in [0, 0.1) is 0 Å². The number of anilines is 1. The molecular formula is C31H32N2O6. The molecule has 0 aromatic heterocycles. The lowest BCUT2D eigenvalue weighted by Crippen LogP contribution is -2.52. The topological polar surface area (TPSA) is 105 Å². The monoisotopic (exact) mass is 528 g/mol. The van der Waals surface area contributed by atoms with Gasteiger partial charge in [-0.25, -0.2) is 0 Å². The number of benzene rings is 3. The molecule has 0 bridgehead atoms. The van der Waals surface area contributed by atoms with Gasteiger partial charge < -0.3 is 19.9 Å². The molecule has 1 heterocycles. The van der Waals surface area contributed by atoms with Crippen LogP contribution in [0.4, 0.5) is 5.69 Å². The van der Waals surface area contributed by atoms with Crippen LogP contribution < -0.4 is 19.7 Å². The fourth-order valence-corrected chi connectivity index (χ4v) is 5.16. The van der Waals surface area contributed by atoms with Crippen molar-refractivity contribution in [2.45, 2.75) is 57.2 Å². The second-order valence-electron chi connectivity index (χ2n) is 10.0. The summed E-state index contributed by atoms with van der Waals surface area (Å²) in [5.41, 5.74) is 1.46. The molecule has 0 spiro atoms. The lowest BCUT2D eigenvalue weighted by atomic mass is 9.94. The lowest BCUT2D eigenvalue weighted by Gasteiger charge is -2.36. The minimum absolute atomic E-state index is 0.0176. The van der Waals surface area contributed by atoms with E-state index in [2.05, 4.69) is 5.32 Å². The standard InChI is InChI=1S/C31H32N2O6/c1-20(34)21-11-15-24(16-12-21)33(31(37)28-19-38-26-9-5-6-10-27(26)39-28)29(22-13-17-25(35)18-14-22)30(36)32-23-7-3-2-4-8-23/h5-6,9-18,23,28-29,35H,2-4,7-8,19H2,1H3,(H,32,36). The third kappa shape index (κ3) is 5.90. The molecule has 2 amide bonds. The lowest BCUT2D eigenvalue weighted by molar-refractivity contribution is -0.132. The molecule has 2 atom stereocenters. The van der Waals surface area contributed by atoms with Crippen LogP contribution >= 0.6 is 0 Å². The molecule has 2 unspecified atom stereocenters. The second-order valence-corrected chi connectivity index (χ2v) is 10.0. The van der Waals surface area contributed by atoms with Gasteiger partial charge in [0.2, 0.25) is 12.0 Å². The maximum Gasteiger partial charge on any atom is 0.272 e. The van der Waals surface area contributed by atoms with E-state index in [-0.39, 0.29) is 30.1 Å². The predicted octanol–water partition coefficient (Wildman–Crippen LogP) is 4.96. The van der Waals surface area contributed by atoms with Crippen molar-refractivity contribution in [3.05, 3.63) is 83.9 Å². The largest absolute Gasteiger partial charge is 0.508 e. The number of carbonyl (C=O) groups excluding carboxylic acids is 3. The van der Waals surface area contributed by atoms with Crippen LogP contribution in [-0.2, 0) is 9.59 Å². The number of nitrogens with one attached hydrogen (secondary N) is 1. The Morgan fingerprint density at radius 3 is 2.23 bits per heavy atom. The SMILES string of the molecule is CC(=O)c1ccc(N(C(=O)C2COc3ccccc3O2)C(C(=O)NC2CCCCC2)c2ccc(O)cc2)cc1. The van der Waals surface area contributed by atoms with Crippen LogP contribution in [0.25, 0.3) is 0 Å². The van der Waals surface area contributed by atoms with Gasteiger partial charge in [0, 0.05) is 17.3 Å². The number of amides is 2. The van der Waals surface area contributed by atoms with Gasteiger partial charge in [0.05, 0.1) is 0 Å². The van der Waals surface area contributed by atoms with E-state index in [4.69, 9.17) is 9.47 Å². The van der Waals surface area contributed by atoms with E-state index in [1.54, 1.807) is 54.6 Å². The number of phenolic OH excluding ortho intramolecular Hbond substituents is 1. The zero-order chi connectivity index (χ0) is 27.4. The van der Waals surface area contributed by atoms with E-state index >= 15 is 0 Å². The number of carbonyl (C=O) groups is 3. The first-order valence-corrected chi connectivity index (χ1v) is 13.3. The van der Waals surface area contributed by atoms with Gasteiger partial charge in [-0.1, -0.05) is 43.5 Å². The average molecular weight is 529 g/mol. The van der Waals surface area contributed by atoms with Crippen LogP contribution in [0.3, 0.4) is 0 Å². The van der Waals surface area contributed by atoms with Gasteiger partial charge in [0.1, 0.15) is 18.4 Å². The first-order chi connectivity index (χ1) is 18.9. The van der Waals surface area contributed by atoms with Gasteiger partial charge in [-0.05, 0) is 73.9 Å². The molecule has 3 aromatic carbocycles. The molecule has 1 aliphatic carbocycles. The number of hydrogen-bond acceptors (Lipinski definition) is 6. The highest BCUT2D eigenvalue weighted by molar-refractivity contribution is 6.04. The van der Waals surface area contributed by atoms with Gasteiger partial charge in [0.15, 0.2) is 17.3 Å². The highest BCUT2D eigenvalue weighted by atomic mass is 16.6. The highest BCUT2D eigenvalue weighted by Crippen LogP contribution is 2.35. The zero-order valence-electron chi connectivity index (χ0n) is 21.8. The number of nitrogens with zero attached hydrogens (tertiary/aromatic N) is 1. The summed E-state index contributed by atoms with van der Waals surface area (Å²) in [6.45, 7) is 1.45. The Bertz CT molecular complexity index is 1330. The minimum atomic E-state index is -1.05. The summed E-state index contributed by atoms with van der Waals surface area (Å²) >= 11 is 0. The predicted molar refractivity (Wildman–Crippen MR) is 146 cm³/mol. The Morgan fingerprint density at radius 2 is 1.56 bits per heavy atom. The molecule has 8 nitrogen and oxygen atoms in total. The normalized spacial score (nSPS) is 17.6. The van der Waals surface area contributed by atoms with Gasteiger partial charge in [-0.15, -0.1) is 0 Å². The Kier molecular flexibility index (Phi) is 7.81. The fraction of sp³-hybridized carbons (Fsp3) is 0.323. The quantitative estimate of drug-likeness (QED) is 0.420. The molecular weight excluding hydrogens is 496 g/mol. The van der Waals surface area contributed by atoms with Gasteiger partial charge in [-0.2, -0.15) is 0 Å². The van der Waals surface area contributed by atoms with Gasteiger partial charge in [0.25, 0.3) is 5.91 Å². The first kappa shape index (κ1) is 26.3. The van der Waals surface area contributed by atoms with Gasteiger partial charge in [-0.3, -0.25) is 19.3 Å². The van der Waals surface area contributed by atoms with Crippen molar-refractivity contribution in [1.29, 1.82) is 0 Å². The molecule has 8 heteroatoms. The molecule has 3 aromatic rings. The summed E-state index contributed by atoms with van der Waals surface area (Å²) in [6, 6.07) is 18.9. The number of ether oxygens (including phenoxy) is 2. The molecule has 5 rings (SSSR count). The van der Waals surface area contributed by atoms with Crippen molar-refractivity contribution >= 4 is 23.3 Å². The third-order valence-corrected chi connectivity index (χ3v) is 7.24. The fourth-order valence-electron chi connectivity index (χ4n) is 5.16. The number of para-hydroxylation sites is 2. The minimum Gasteiger partial charge on any atom is -0.508 e. The van der Waals surface area contributed by atoms with E-state index in [1.165, 1.54) is 24.0 Å². The maximum absolute atomic E-state index is 14.2. The maximum atomic E-state index is 14.2. The van der Waals surface area contributed by atoms with Crippen LogP contribution in [0.5, 0.6) is 17.2 Å². The molecule has 0 saturated heterocycles. The Morgan fingerprint density at radius 1 is 0.897 bits per heavy atom. The van der Waals surface area contributed by atoms with Crippen molar-refractivity contribution in [1.82, 2.24) is 5.32 Å². The van der Waals surface area contributed by atoms with E-state index in [0.717, 1.165) is 32.1 Å². The van der Waals surface area contributed by atoms with E-state index in [9.17, 15) is 19.5 Å². The van der Waals surface area contributed by atoms with Crippen LogP contribution in [0.15, 0.2) is 72.8 Å². The number of Topliss-reactive ketones (excluding diaryl/α,β-unsaturated/α-hetero) is 1. The molecule has 1 fully saturated rings. The van der Waals surface area contributed by atoms with Crippen molar-refractivity contribution in [2.75, 3.05) is 11.5 Å². The summed E-state index contributed by atoms with van der Waals surface area (Å²) in [7, 11) is 0. The third-order valence-electron chi connectivity index (χ3n) is 7.24. The van der Waals surface area contributed by atoms with Crippen LogP contribution in [-0.4, -0.2) is 41.5 Å². The summed E-state index contributed by atoms with van der Waals surface area (Å²) in [6.07, 6.45) is 3.97. The van der Waals surface area contributed by atoms with E-state index in [0.29, 0.717) is 28.3 Å². The van der Waals surface area contributed by atoms with Gasteiger partial charge >= 0.3 is 0 Å². The molecule has 1 saturated carbocycles. The summed E-state index contributed by atoms with van der Waals surface area (Å²) < 4.78 is 11.9. The van der Waals surface area contributed by atoms with Crippen molar-refractivity contribution < 1.29 is 29.0 Å². The summed E-state index contributed by atoms with van der Waals surface area (Å²) in [5, 5.41) is 13.1. The second kappa shape index (κ2) is 11.6. The van der Waals surface area contributed by atoms with Crippen molar-refractivity contribution in [3.8, 4) is 17.2 Å². The number of fused-ring (bicyclic) bond motifs is 1. The summed E-state index contributed by atoms with van der Waals surface area (Å²) in [5.74, 6) is 0.149. The zero-order valence-corrected chi connectivity index (χ0v) is 21.8. The molecule has 202 valence electrons. The van der Waals surface area contributed by atoms with E-state index < -0.39 is 18.1 Å². The smallest absolute Gasteiger partial charge is 0.272 e. The van der Waals surface area contributed by atoms with Crippen molar-refractivity contribution in [2.24, 2.45) is 0 Å². The number of rotatable bonds is 7. The number of aromatic hydroxyl groups is 1. The molecule has 2 N–H and O–H groups in total. The Balaban J connectivity index is 1.55. The molecule has 1 aliphatic heterocycles. The van der Waals surface area contributed by atoms with Crippen LogP contribution in [0.2, 0.25) is 0 Å². The molecule has 2 aliphatic rings. The average Bonchev–Trinajstić information content (AvgIpc) is 2.96. The Labute approximate surface area is 227 Å². The highest BCUT2D eigenvalue weighted by Gasteiger charge is 2.39. The number of phenols is 1. The van der Waals surface area contributed by atoms with Crippen molar-refractivity contribution in [3.63, 3.8) is 0 Å². The van der Waals surface area contributed by atoms with E-state index in [1.807, 2.05) is 6.07 Å². The Hall–Kier alpha value is -4.33. The number of ketones is 1. The number of hydrogen-bond donors (Lipinski definition) is 2. The first-order valence-electron chi connectivity index (χ1n) is 13.3.